The summed E-state index contributed by atoms with van der Waals surface area (Å²) < 4.78 is 3.48. The Kier molecular flexibility index (Phi) is 10.3. The number of H-pyrrole nitrogens is 1. The Balaban J connectivity index is 1.57. The van der Waals surface area contributed by atoms with Gasteiger partial charge >= 0.3 is 0 Å². The van der Waals surface area contributed by atoms with E-state index in [-0.39, 0.29) is 27.8 Å². The molecule has 304 valence electrons. The van der Waals surface area contributed by atoms with Gasteiger partial charge in [-0.25, -0.2) is 4.98 Å². The minimum atomic E-state index is -0.279. The van der Waals surface area contributed by atoms with Gasteiger partial charge < -0.3 is 14.7 Å². The van der Waals surface area contributed by atoms with E-state index in [4.69, 9.17) is 4.98 Å². The number of aromatic amines is 1. The normalized spacial score (nSPS) is 13.0. The fraction of sp³-hybridized carbons (Fsp3) is 0.471. The van der Waals surface area contributed by atoms with E-state index >= 15 is 9.59 Å². The summed E-state index contributed by atoms with van der Waals surface area (Å²) in [5, 5.41) is 20.4. The summed E-state index contributed by atoms with van der Waals surface area (Å²) >= 11 is 0. The highest BCUT2D eigenvalue weighted by molar-refractivity contribution is 6.44. The smallest absolute Gasteiger partial charge is 0.262 e. The van der Waals surface area contributed by atoms with Gasteiger partial charge in [0, 0.05) is 61.7 Å². The molecule has 58 heavy (non-hydrogen) atoms. The highest BCUT2D eigenvalue weighted by Gasteiger charge is 2.31. The minimum absolute atomic E-state index is 0.0901. The van der Waals surface area contributed by atoms with Gasteiger partial charge in [-0.2, -0.15) is 0 Å². The van der Waals surface area contributed by atoms with Crippen LogP contribution in [-0.4, -0.2) is 24.2 Å². The van der Waals surface area contributed by atoms with E-state index in [1.54, 1.807) is 0 Å². The number of unbranched alkanes of at least 4 members (excludes halogenated alkanes) is 10. The number of pyridine rings is 2. The van der Waals surface area contributed by atoms with Crippen LogP contribution in [0.5, 0.6) is 5.88 Å². The quantitative estimate of drug-likeness (QED) is 0.0849. The molecular formula is C51H62N4O3. The van der Waals surface area contributed by atoms with Gasteiger partial charge in [0.05, 0.1) is 32.7 Å². The molecule has 0 atom stereocenters. The SMILES string of the molecule is C=c1c2c3[nH]c4ccc(C(C)(C)C)cc4c3c3c(=O)n(CCCCCCCC)c(=O)c4c5c6cc(C(C)(C)C)ccc6nc5c(c(O)n1CCCCCCCC)c2c43. The molecule has 4 aromatic carbocycles. The van der Waals surface area contributed by atoms with Crippen molar-refractivity contribution in [2.75, 3.05) is 0 Å². The maximum absolute atomic E-state index is 15.3. The molecule has 0 bridgehead atoms. The molecule has 0 unspecified atom stereocenters. The van der Waals surface area contributed by atoms with Crippen LogP contribution < -0.4 is 16.5 Å². The lowest BCUT2D eigenvalue weighted by molar-refractivity contribution is 0.407. The topological polar surface area (TPSA) is 92.9 Å². The summed E-state index contributed by atoms with van der Waals surface area (Å²) in [6, 6.07) is 12.9. The standard InChI is InChI=1S/C51H62N4O3/c1-10-12-14-16-18-20-26-54-30(3)37-40-41-42(38-33-28-31(50(4,5)6)22-24-35(33)52-45(37)38)47(56)55(27-21-19-17-15-13-11-2)48(57)43(41)39-34-29-32(51(7,8)9)23-25-36(34)53-46(39)44(40)49(54)58/h22-25,28-29,52,58H,3,10-21,26-27H2,1-2,4-9H3. The Morgan fingerprint density at radius 1 is 0.603 bits per heavy atom. The van der Waals surface area contributed by atoms with Gasteiger partial charge in [0.1, 0.15) is 0 Å². The van der Waals surface area contributed by atoms with Gasteiger partial charge in [-0.15, -0.1) is 0 Å². The van der Waals surface area contributed by atoms with Crippen molar-refractivity contribution >= 4 is 82.5 Å². The second-order valence-electron chi connectivity index (χ2n) is 19.2. The van der Waals surface area contributed by atoms with E-state index in [2.05, 4.69) is 97.3 Å². The Labute approximate surface area is 341 Å². The monoisotopic (exact) mass is 778 g/mol. The predicted octanol–water partition coefficient (Wildman–Crippen LogP) is 12.4. The van der Waals surface area contributed by atoms with Gasteiger partial charge in [0.2, 0.25) is 5.88 Å². The maximum atomic E-state index is 15.3. The van der Waals surface area contributed by atoms with Crippen LogP contribution in [0, 0.1) is 0 Å². The molecule has 8 aromatic rings. The summed E-state index contributed by atoms with van der Waals surface area (Å²) in [5.41, 5.74) is 4.58. The van der Waals surface area contributed by atoms with Crippen LogP contribution in [0.15, 0.2) is 46.0 Å². The third-order valence-electron chi connectivity index (χ3n) is 13.0. The average molecular weight is 779 g/mol. The summed E-state index contributed by atoms with van der Waals surface area (Å²) in [6.45, 7) is 23.3. The molecule has 0 saturated heterocycles. The van der Waals surface area contributed by atoms with Crippen molar-refractivity contribution in [1.29, 1.82) is 0 Å². The molecule has 4 heterocycles. The molecule has 4 aromatic heterocycles. The first kappa shape index (κ1) is 39.9. The molecule has 0 fully saturated rings. The van der Waals surface area contributed by atoms with Crippen molar-refractivity contribution in [3.05, 3.63) is 73.6 Å². The lowest BCUT2D eigenvalue weighted by Gasteiger charge is -2.21. The van der Waals surface area contributed by atoms with Crippen molar-refractivity contribution in [3.8, 4) is 5.88 Å². The second-order valence-corrected chi connectivity index (χ2v) is 19.2. The number of rotatable bonds is 14. The molecule has 0 aliphatic rings. The first-order valence-corrected chi connectivity index (χ1v) is 22.1. The highest BCUT2D eigenvalue weighted by Crippen LogP contribution is 2.48. The molecule has 0 amide bonds. The first-order chi connectivity index (χ1) is 27.7. The maximum Gasteiger partial charge on any atom is 0.262 e. The van der Waals surface area contributed by atoms with Crippen molar-refractivity contribution in [2.24, 2.45) is 0 Å². The van der Waals surface area contributed by atoms with Crippen LogP contribution in [0.4, 0.5) is 0 Å². The molecule has 2 N–H and O–H groups in total. The fourth-order valence-electron chi connectivity index (χ4n) is 9.63. The molecular weight excluding hydrogens is 717 g/mol. The number of nitrogens with one attached hydrogen (secondary N) is 1. The van der Waals surface area contributed by atoms with Crippen LogP contribution in [0.1, 0.15) is 144 Å². The largest absolute Gasteiger partial charge is 0.494 e. The van der Waals surface area contributed by atoms with Crippen LogP contribution >= 0.6 is 0 Å². The van der Waals surface area contributed by atoms with Crippen molar-refractivity contribution in [1.82, 2.24) is 19.1 Å². The number of benzene rings is 4. The zero-order chi connectivity index (χ0) is 41.3. The molecule has 0 aliphatic carbocycles. The Hall–Kier alpha value is -4.91. The molecule has 7 heteroatoms. The van der Waals surface area contributed by atoms with Gasteiger partial charge in [0.15, 0.2) is 0 Å². The van der Waals surface area contributed by atoms with E-state index < -0.39 is 0 Å². The van der Waals surface area contributed by atoms with E-state index in [0.717, 1.165) is 106 Å². The van der Waals surface area contributed by atoms with Gasteiger partial charge in [-0.05, 0) is 59.1 Å². The van der Waals surface area contributed by atoms with Gasteiger partial charge in [0.25, 0.3) is 11.1 Å². The highest BCUT2D eigenvalue weighted by atomic mass is 16.3. The molecule has 8 rings (SSSR count). The lowest BCUT2D eigenvalue weighted by Crippen LogP contribution is -2.34. The molecule has 0 spiro atoms. The molecule has 0 radical (unpaired) electrons. The van der Waals surface area contributed by atoms with Crippen molar-refractivity contribution < 1.29 is 5.11 Å². The second kappa shape index (κ2) is 15.0. The number of fused-ring (bicyclic) bond motifs is 10. The summed E-state index contributed by atoms with van der Waals surface area (Å²) in [7, 11) is 0. The van der Waals surface area contributed by atoms with Crippen LogP contribution in [0.2, 0.25) is 0 Å². The van der Waals surface area contributed by atoms with E-state index in [9.17, 15) is 5.11 Å². The molecule has 0 saturated carbocycles. The van der Waals surface area contributed by atoms with E-state index in [0.29, 0.717) is 50.9 Å². The van der Waals surface area contributed by atoms with Crippen LogP contribution in [0.3, 0.4) is 0 Å². The lowest BCUT2D eigenvalue weighted by atomic mass is 9.85. The molecule has 0 aliphatic heterocycles. The average Bonchev–Trinajstić information content (AvgIpc) is 3.74. The third-order valence-corrected chi connectivity index (χ3v) is 13.0. The third kappa shape index (κ3) is 6.44. The van der Waals surface area contributed by atoms with Gasteiger partial charge in [-0.1, -0.05) is 138 Å². The summed E-state index contributed by atoms with van der Waals surface area (Å²) in [6.07, 6.45) is 13.0. The van der Waals surface area contributed by atoms with Crippen LogP contribution in [-0.2, 0) is 23.9 Å². The minimum Gasteiger partial charge on any atom is -0.494 e. The number of hydrogen-bond acceptors (Lipinski definition) is 4. The predicted molar refractivity (Wildman–Crippen MR) is 247 cm³/mol. The summed E-state index contributed by atoms with van der Waals surface area (Å²) in [4.78, 5) is 39.7. The Morgan fingerprint density at radius 2 is 1.12 bits per heavy atom. The Bertz CT molecular complexity index is 2990. The number of nitrogens with zero attached hydrogens (tertiary/aromatic N) is 3. The number of aromatic hydroxyl groups is 1. The Morgan fingerprint density at radius 3 is 1.72 bits per heavy atom. The summed E-state index contributed by atoms with van der Waals surface area (Å²) in [5.74, 6) is 0.0901. The van der Waals surface area contributed by atoms with Crippen molar-refractivity contribution in [3.63, 3.8) is 0 Å². The zero-order valence-electron chi connectivity index (χ0n) is 36.2. The van der Waals surface area contributed by atoms with Gasteiger partial charge in [-0.3, -0.25) is 14.2 Å². The van der Waals surface area contributed by atoms with E-state index in [1.165, 1.54) is 30.3 Å². The van der Waals surface area contributed by atoms with Crippen molar-refractivity contribution in [2.45, 2.75) is 156 Å². The van der Waals surface area contributed by atoms with Crippen LogP contribution in [0.25, 0.3) is 82.5 Å². The number of aromatic nitrogens is 4. The molecule has 7 nitrogen and oxygen atoms in total. The zero-order valence-corrected chi connectivity index (χ0v) is 36.2. The first-order valence-electron chi connectivity index (χ1n) is 22.1. The number of hydrogen-bond donors (Lipinski definition) is 2. The fourth-order valence-corrected chi connectivity index (χ4v) is 9.63. The van der Waals surface area contributed by atoms with E-state index in [1.807, 2.05) is 10.6 Å².